The summed E-state index contributed by atoms with van der Waals surface area (Å²) in [7, 11) is 0. The average Bonchev–Trinajstić information content (AvgIpc) is 2.11. The normalized spacial score (nSPS) is 10.6. The van der Waals surface area contributed by atoms with Crippen molar-refractivity contribution in [3.8, 4) is 0 Å². The number of carbonyl (C=O) groups is 1. The molecule has 0 radical (unpaired) electrons. The maximum absolute atomic E-state index is 11.6. The highest BCUT2D eigenvalue weighted by Gasteiger charge is 2.11. The lowest BCUT2D eigenvalue weighted by atomic mass is 9.94. The lowest BCUT2D eigenvalue weighted by Crippen LogP contribution is -2.12. The molecule has 0 atom stereocenters. The topological polar surface area (TPSA) is 17.1 Å². The Morgan fingerprint density at radius 1 is 1.21 bits per heavy atom. The second kappa shape index (κ2) is 4.41. The number of ketones is 1. The van der Waals surface area contributed by atoms with Crippen LogP contribution in [-0.2, 0) is 11.2 Å². The van der Waals surface area contributed by atoms with Gasteiger partial charge in [0.1, 0.15) is 5.78 Å². The average molecular weight is 190 g/mol. The van der Waals surface area contributed by atoms with E-state index in [1.54, 1.807) is 0 Å². The smallest absolute Gasteiger partial charge is 0.139 e. The molecule has 0 bridgehead atoms. The molecule has 0 aliphatic heterocycles. The van der Waals surface area contributed by atoms with Crippen molar-refractivity contribution in [3.05, 3.63) is 34.9 Å². The van der Waals surface area contributed by atoms with E-state index in [4.69, 9.17) is 0 Å². The van der Waals surface area contributed by atoms with Gasteiger partial charge >= 0.3 is 0 Å². The number of carbonyl (C=O) groups excluding carboxylic acids is 1. The van der Waals surface area contributed by atoms with Crippen LogP contribution in [0.25, 0.3) is 0 Å². The minimum atomic E-state index is 0.133. The lowest BCUT2D eigenvalue weighted by Gasteiger charge is -2.10. The highest BCUT2D eigenvalue weighted by atomic mass is 16.1. The highest BCUT2D eigenvalue weighted by molar-refractivity contribution is 5.83. The first-order valence-corrected chi connectivity index (χ1v) is 5.10. The molecule has 0 unspecified atom stereocenters. The third-order valence-electron chi connectivity index (χ3n) is 2.64. The molecule has 76 valence electrons. The fourth-order valence-corrected chi connectivity index (χ4v) is 1.51. The summed E-state index contributed by atoms with van der Waals surface area (Å²) >= 11 is 0. The van der Waals surface area contributed by atoms with Gasteiger partial charge in [0, 0.05) is 12.3 Å². The Morgan fingerprint density at radius 2 is 1.71 bits per heavy atom. The van der Waals surface area contributed by atoms with Gasteiger partial charge in [-0.25, -0.2) is 0 Å². The molecule has 0 spiro atoms. The van der Waals surface area contributed by atoms with Gasteiger partial charge in [0.25, 0.3) is 0 Å². The third kappa shape index (κ3) is 2.44. The third-order valence-corrected chi connectivity index (χ3v) is 2.64. The van der Waals surface area contributed by atoms with Crippen molar-refractivity contribution in [1.82, 2.24) is 0 Å². The summed E-state index contributed by atoms with van der Waals surface area (Å²) in [4.78, 5) is 11.6. The standard InChI is InChI=1S/C13H18O/c1-9(2)13(14)8-12-10(3)6-5-7-11(12)4/h5-7,9H,8H2,1-4H3. The van der Waals surface area contributed by atoms with E-state index in [2.05, 4.69) is 26.0 Å². The van der Waals surface area contributed by atoms with Crippen LogP contribution in [-0.4, -0.2) is 5.78 Å². The van der Waals surface area contributed by atoms with Crippen LogP contribution < -0.4 is 0 Å². The van der Waals surface area contributed by atoms with Crippen LogP contribution in [0.2, 0.25) is 0 Å². The SMILES string of the molecule is Cc1cccc(C)c1CC(=O)C(C)C. The molecule has 1 heteroatoms. The van der Waals surface area contributed by atoms with Gasteiger partial charge in [0.2, 0.25) is 0 Å². The van der Waals surface area contributed by atoms with Gasteiger partial charge in [-0.2, -0.15) is 0 Å². The highest BCUT2D eigenvalue weighted by Crippen LogP contribution is 2.15. The maximum Gasteiger partial charge on any atom is 0.139 e. The molecule has 1 rings (SSSR count). The second-order valence-corrected chi connectivity index (χ2v) is 4.17. The quantitative estimate of drug-likeness (QED) is 0.716. The Hall–Kier alpha value is -1.11. The van der Waals surface area contributed by atoms with Crippen LogP contribution >= 0.6 is 0 Å². The molecule has 0 aliphatic carbocycles. The van der Waals surface area contributed by atoms with Gasteiger partial charge in [0.05, 0.1) is 0 Å². The van der Waals surface area contributed by atoms with Gasteiger partial charge in [0.15, 0.2) is 0 Å². The summed E-state index contributed by atoms with van der Waals surface area (Å²) in [6, 6.07) is 6.17. The Labute approximate surface area is 86.1 Å². The van der Waals surface area contributed by atoms with E-state index < -0.39 is 0 Å². The fraction of sp³-hybridized carbons (Fsp3) is 0.462. The van der Waals surface area contributed by atoms with Gasteiger partial charge in [-0.15, -0.1) is 0 Å². The molecule has 0 fully saturated rings. The summed E-state index contributed by atoms with van der Waals surface area (Å²) in [6.45, 7) is 8.04. The van der Waals surface area contributed by atoms with Crippen LogP contribution in [0.4, 0.5) is 0 Å². The van der Waals surface area contributed by atoms with Crippen LogP contribution in [0.5, 0.6) is 0 Å². The zero-order valence-electron chi connectivity index (χ0n) is 9.42. The Balaban J connectivity index is 2.91. The molecule has 1 aromatic rings. The minimum Gasteiger partial charge on any atom is -0.299 e. The molecule has 0 aliphatic rings. The van der Waals surface area contributed by atoms with Crippen molar-refractivity contribution >= 4 is 5.78 Å². The largest absolute Gasteiger partial charge is 0.299 e. The molecule has 0 heterocycles. The van der Waals surface area contributed by atoms with E-state index in [9.17, 15) is 4.79 Å². The number of hydrogen-bond donors (Lipinski definition) is 0. The molecule has 0 amide bonds. The van der Waals surface area contributed by atoms with E-state index in [0.717, 1.165) is 0 Å². The van der Waals surface area contributed by atoms with Crippen LogP contribution in [0, 0.1) is 19.8 Å². The van der Waals surface area contributed by atoms with E-state index >= 15 is 0 Å². The molecule has 1 aromatic carbocycles. The number of Topliss-reactive ketones (excluding diaryl/α,β-unsaturated/α-hetero) is 1. The van der Waals surface area contributed by atoms with Gasteiger partial charge in [-0.3, -0.25) is 4.79 Å². The molecule has 0 saturated heterocycles. The predicted octanol–water partition coefficient (Wildman–Crippen LogP) is 3.07. The summed E-state index contributed by atoms with van der Waals surface area (Å²) in [5.74, 6) is 0.455. The lowest BCUT2D eigenvalue weighted by molar-refractivity contribution is -0.121. The molecular formula is C13H18O. The van der Waals surface area contributed by atoms with E-state index in [1.807, 2.05) is 19.9 Å². The van der Waals surface area contributed by atoms with E-state index in [-0.39, 0.29) is 5.92 Å². The number of rotatable bonds is 3. The summed E-state index contributed by atoms with van der Waals surface area (Å²) in [5, 5.41) is 0. The number of hydrogen-bond acceptors (Lipinski definition) is 1. The van der Waals surface area contributed by atoms with Crippen LogP contribution in [0.1, 0.15) is 30.5 Å². The molecule has 0 saturated carbocycles. The summed E-state index contributed by atoms with van der Waals surface area (Å²) < 4.78 is 0. The van der Waals surface area contributed by atoms with Gasteiger partial charge in [-0.1, -0.05) is 32.0 Å². The first-order chi connectivity index (χ1) is 6.52. The molecule has 0 N–H and O–H groups in total. The molecule has 0 aromatic heterocycles. The monoisotopic (exact) mass is 190 g/mol. The van der Waals surface area contributed by atoms with Gasteiger partial charge < -0.3 is 0 Å². The zero-order chi connectivity index (χ0) is 10.7. The van der Waals surface area contributed by atoms with Crippen molar-refractivity contribution in [2.75, 3.05) is 0 Å². The predicted molar refractivity (Wildman–Crippen MR) is 59.5 cm³/mol. The van der Waals surface area contributed by atoms with Crippen molar-refractivity contribution in [2.24, 2.45) is 5.92 Å². The summed E-state index contributed by atoms with van der Waals surface area (Å²) in [5.41, 5.74) is 3.64. The fourth-order valence-electron chi connectivity index (χ4n) is 1.51. The second-order valence-electron chi connectivity index (χ2n) is 4.17. The minimum absolute atomic E-state index is 0.133. The first-order valence-electron chi connectivity index (χ1n) is 5.10. The van der Waals surface area contributed by atoms with Crippen molar-refractivity contribution in [2.45, 2.75) is 34.1 Å². The van der Waals surface area contributed by atoms with Gasteiger partial charge in [-0.05, 0) is 30.5 Å². The van der Waals surface area contributed by atoms with Crippen molar-refractivity contribution in [3.63, 3.8) is 0 Å². The van der Waals surface area contributed by atoms with Crippen molar-refractivity contribution < 1.29 is 4.79 Å². The molecular weight excluding hydrogens is 172 g/mol. The van der Waals surface area contributed by atoms with E-state index in [1.165, 1.54) is 16.7 Å². The maximum atomic E-state index is 11.6. The zero-order valence-corrected chi connectivity index (χ0v) is 9.42. The Kier molecular flexibility index (Phi) is 3.45. The summed E-state index contributed by atoms with van der Waals surface area (Å²) in [6.07, 6.45) is 0.580. The Morgan fingerprint density at radius 3 is 2.14 bits per heavy atom. The first kappa shape index (κ1) is 11.0. The van der Waals surface area contributed by atoms with Crippen molar-refractivity contribution in [1.29, 1.82) is 0 Å². The molecule has 14 heavy (non-hydrogen) atoms. The number of aryl methyl sites for hydroxylation is 2. The molecule has 1 nitrogen and oxygen atoms in total. The number of benzene rings is 1. The Bertz CT molecular complexity index is 317. The van der Waals surface area contributed by atoms with Crippen LogP contribution in [0.3, 0.4) is 0 Å². The van der Waals surface area contributed by atoms with Crippen LogP contribution in [0.15, 0.2) is 18.2 Å². The van der Waals surface area contributed by atoms with E-state index in [0.29, 0.717) is 12.2 Å².